The molecule has 0 spiro atoms. The molecule has 2 aromatic heterocycles. The molecule has 0 atom stereocenters. The number of ketones is 1. The van der Waals surface area contributed by atoms with E-state index in [4.69, 9.17) is 9.72 Å². The van der Waals surface area contributed by atoms with Crippen molar-refractivity contribution in [1.29, 1.82) is 0 Å². The number of nitrogens with one attached hydrogen (secondary N) is 1. The van der Waals surface area contributed by atoms with Crippen molar-refractivity contribution in [2.45, 2.75) is 32.3 Å². The fraction of sp³-hybridized carbons (Fsp3) is 0.385. The number of carbonyl (C=O) groups is 1. The second kappa shape index (κ2) is 9.12. The monoisotopic (exact) mass is 459 g/mol. The zero-order chi connectivity index (χ0) is 23.7. The van der Waals surface area contributed by atoms with E-state index in [1.807, 2.05) is 36.4 Å². The normalized spacial score (nSPS) is 16.6. The average molecular weight is 460 g/mol. The number of aromatic amines is 1. The summed E-state index contributed by atoms with van der Waals surface area (Å²) < 4.78 is 5.46. The second-order valence-corrected chi connectivity index (χ2v) is 9.37. The molecule has 0 saturated carbocycles. The van der Waals surface area contributed by atoms with Crippen molar-refractivity contribution in [1.82, 2.24) is 15.0 Å². The smallest absolute Gasteiger partial charge is 0.156 e. The summed E-state index contributed by atoms with van der Waals surface area (Å²) in [5, 5.41) is 10.1. The van der Waals surface area contributed by atoms with E-state index in [1.165, 1.54) is 0 Å². The number of benzene rings is 1. The molecule has 0 aliphatic carbocycles. The van der Waals surface area contributed by atoms with E-state index >= 15 is 0 Å². The lowest BCUT2D eigenvalue weighted by Gasteiger charge is -2.27. The third kappa shape index (κ3) is 4.78. The Bertz CT molecular complexity index is 1260. The molecule has 1 aromatic carbocycles. The third-order valence-corrected chi connectivity index (χ3v) is 6.17. The Balaban J connectivity index is 1.27. The van der Waals surface area contributed by atoms with Crippen LogP contribution in [0.5, 0.6) is 0 Å². The Morgan fingerprint density at radius 2 is 1.91 bits per heavy atom. The van der Waals surface area contributed by atoms with Crippen LogP contribution in [0.4, 0.5) is 5.82 Å². The first-order chi connectivity index (χ1) is 16.4. The zero-order valence-electron chi connectivity index (χ0n) is 19.5. The topological polar surface area (TPSA) is 104 Å². The Labute approximate surface area is 198 Å². The minimum atomic E-state index is -0.976. The minimum absolute atomic E-state index is 0.135. The SMILES string of the molecule is CC(C)(O)C1=NCC(CC(=O)Cc2ccc(-c3nc4c(N5CCOCC5)nccc4[nH]3)cc2)=C1. The number of anilines is 1. The van der Waals surface area contributed by atoms with E-state index in [2.05, 4.69) is 19.9 Å². The van der Waals surface area contributed by atoms with Crippen LogP contribution >= 0.6 is 0 Å². The molecule has 5 rings (SSSR count). The molecule has 34 heavy (non-hydrogen) atoms. The zero-order valence-corrected chi connectivity index (χ0v) is 19.5. The molecule has 3 aromatic rings. The number of aliphatic hydroxyl groups is 1. The van der Waals surface area contributed by atoms with Crippen molar-refractivity contribution in [2.24, 2.45) is 4.99 Å². The minimum Gasteiger partial charge on any atom is -0.384 e. The van der Waals surface area contributed by atoms with Crippen LogP contribution in [0, 0.1) is 0 Å². The molecule has 0 unspecified atom stereocenters. The van der Waals surface area contributed by atoms with Crippen LogP contribution < -0.4 is 4.90 Å². The van der Waals surface area contributed by atoms with Crippen LogP contribution in [-0.4, -0.2) is 70.0 Å². The van der Waals surface area contributed by atoms with E-state index in [1.54, 1.807) is 20.0 Å². The van der Waals surface area contributed by atoms with Gasteiger partial charge in [-0.05, 0) is 37.1 Å². The van der Waals surface area contributed by atoms with Crippen LogP contribution in [0.15, 0.2) is 53.2 Å². The van der Waals surface area contributed by atoms with E-state index < -0.39 is 5.60 Å². The number of nitrogens with zero attached hydrogens (tertiary/aromatic N) is 4. The van der Waals surface area contributed by atoms with Gasteiger partial charge in [0.2, 0.25) is 0 Å². The van der Waals surface area contributed by atoms with Gasteiger partial charge < -0.3 is 19.7 Å². The van der Waals surface area contributed by atoms with Crippen molar-refractivity contribution in [3.63, 3.8) is 0 Å². The molecular formula is C26H29N5O3. The highest BCUT2D eigenvalue weighted by atomic mass is 16.5. The third-order valence-electron chi connectivity index (χ3n) is 6.17. The van der Waals surface area contributed by atoms with Gasteiger partial charge >= 0.3 is 0 Å². The van der Waals surface area contributed by atoms with Gasteiger partial charge in [0.25, 0.3) is 0 Å². The van der Waals surface area contributed by atoms with Crippen molar-refractivity contribution in [3.05, 3.63) is 53.7 Å². The molecule has 4 heterocycles. The van der Waals surface area contributed by atoms with Gasteiger partial charge in [0.1, 0.15) is 22.7 Å². The molecule has 2 N–H and O–H groups in total. The van der Waals surface area contributed by atoms with Gasteiger partial charge in [0.15, 0.2) is 5.82 Å². The molecule has 0 bridgehead atoms. The molecule has 0 radical (unpaired) electrons. The molecule has 176 valence electrons. The van der Waals surface area contributed by atoms with Crippen LogP contribution in [0.2, 0.25) is 0 Å². The maximum absolute atomic E-state index is 12.6. The van der Waals surface area contributed by atoms with Crippen molar-refractivity contribution in [3.8, 4) is 11.4 Å². The standard InChI is InChI=1S/C26H29N5O3/c1-26(2,33)22-15-18(16-28-22)14-20(32)13-17-3-5-19(6-4-17)24-29-21-7-8-27-25(23(21)30-24)31-9-11-34-12-10-31/h3-8,15,33H,9-14,16H2,1-2H3,(H,29,30). The number of hydrogen-bond donors (Lipinski definition) is 2. The average Bonchev–Trinajstić information content (AvgIpc) is 3.47. The summed E-state index contributed by atoms with van der Waals surface area (Å²) in [6.07, 6.45) is 4.37. The van der Waals surface area contributed by atoms with E-state index in [0.717, 1.165) is 52.5 Å². The molecule has 1 saturated heterocycles. The number of morpholine rings is 1. The van der Waals surface area contributed by atoms with Gasteiger partial charge in [-0.3, -0.25) is 9.79 Å². The fourth-order valence-corrected chi connectivity index (χ4v) is 4.34. The predicted octanol–water partition coefficient (Wildman–Crippen LogP) is 3.12. The summed E-state index contributed by atoms with van der Waals surface area (Å²) in [7, 11) is 0. The van der Waals surface area contributed by atoms with Crippen LogP contribution in [0.3, 0.4) is 0 Å². The fourth-order valence-electron chi connectivity index (χ4n) is 4.34. The maximum Gasteiger partial charge on any atom is 0.156 e. The summed E-state index contributed by atoms with van der Waals surface area (Å²) in [5.41, 5.74) is 4.34. The van der Waals surface area contributed by atoms with Crippen molar-refractivity contribution < 1.29 is 14.6 Å². The van der Waals surface area contributed by atoms with Gasteiger partial charge in [-0.2, -0.15) is 0 Å². The quantitative estimate of drug-likeness (QED) is 0.563. The van der Waals surface area contributed by atoms with Crippen molar-refractivity contribution >= 4 is 28.3 Å². The summed E-state index contributed by atoms with van der Waals surface area (Å²) in [5.74, 6) is 1.79. The highest BCUT2D eigenvalue weighted by Crippen LogP contribution is 2.27. The number of pyridine rings is 1. The largest absolute Gasteiger partial charge is 0.384 e. The molecule has 0 amide bonds. The number of hydrogen-bond acceptors (Lipinski definition) is 7. The Morgan fingerprint density at radius 1 is 1.15 bits per heavy atom. The molecule has 1 fully saturated rings. The Hall–Kier alpha value is -3.36. The van der Waals surface area contributed by atoms with E-state index in [-0.39, 0.29) is 5.78 Å². The number of fused-ring (bicyclic) bond motifs is 1. The van der Waals surface area contributed by atoms with Gasteiger partial charge in [0, 0.05) is 37.7 Å². The van der Waals surface area contributed by atoms with Gasteiger partial charge in [-0.15, -0.1) is 0 Å². The number of aromatic nitrogens is 3. The first kappa shape index (κ1) is 22.4. The second-order valence-electron chi connectivity index (χ2n) is 9.37. The van der Waals surface area contributed by atoms with Gasteiger partial charge in [0.05, 0.1) is 31.0 Å². The number of Topliss-reactive ketones (excluding diaryl/α,β-unsaturated/α-hetero) is 1. The van der Waals surface area contributed by atoms with Crippen LogP contribution in [-0.2, 0) is 16.0 Å². The van der Waals surface area contributed by atoms with Crippen LogP contribution in [0.25, 0.3) is 22.4 Å². The lowest BCUT2D eigenvalue weighted by Crippen LogP contribution is -2.36. The number of H-pyrrole nitrogens is 1. The lowest BCUT2D eigenvalue weighted by molar-refractivity contribution is -0.117. The predicted molar refractivity (Wildman–Crippen MR) is 132 cm³/mol. The molecular weight excluding hydrogens is 430 g/mol. The van der Waals surface area contributed by atoms with E-state index in [9.17, 15) is 9.90 Å². The lowest BCUT2D eigenvalue weighted by atomic mass is 9.99. The number of imidazole rings is 1. The first-order valence-corrected chi connectivity index (χ1v) is 11.6. The van der Waals surface area contributed by atoms with Crippen LogP contribution in [0.1, 0.15) is 25.8 Å². The first-order valence-electron chi connectivity index (χ1n) is 11.6. The molecule has 8 heteroatoms. The molecule has 2 aliphatic heterocycles. The summed E-state index contributed by atoms with van der Waals surface area (Å²) in [4.78, 5) is 31.9. The highest BCUT2D eigenvalue weighted by Gasteiger charge is 2.24. The number of carbonyl (C=O) groups excluding carboxylic acids is 1. The maximum atomic E-state index is 12.6. The Morgan fingerprint density at radius 3 is 2.62 bits per heavy atom. The summed E-state index contributed by atoms with van der Waals surface area (Å²) in [6.45, 7) is 6.89. The molecule has 8 nitrogen and oxygen atoms in total. The molecule has 2 aliphatic rings. The van der Waals surface area contributed by atoms with Gasteiger partial charge in [-0.25, -0.2) is 9.97 Å². The Kier molecular flexibility index (Phi) is 6.02. The summed E-state index contributed by atoms with van der Waals surface area (Å²) >= 11 is 0. The number of ether oxygens (including phenoxy) is 1. The van der Waals surface area contributed by atoms with E-state index in [0.29, 0.717) is 38.3 Å². The van der Waals surface area contributed by atoms with Gasteiger partial charge in [-0.1, -0.05) is 24.3 Å². The number of rotatable bonds is 7. The van der Waals surface area contributed by atoms with Crippen molar-refractivity contribution in [2.75, 3.05) is 37.7 Å². The highest BCUT2D eigenvalue weighted by molar-refractivity contribution is 6.04. The summed E-state index contributed by atoms with van der Waals surface area (Å²) in [6, 6.07) is 9.87. The number of aliphatic imine (C=N–C) groups is 1.